The van der Waals surface area contributed by atoms with E-state index in [-0.39, 0.29) is 11.3 Å². The van der Waals surface area contributed by atoms with Crippen molar-refractivity contribution >= 4 is 5.91 Å². The van der Waals surface area contributed by atoms with Gasteiger partial charge in [-0.3, -0.25) is 14.7 Å². The first kappa shape index (κ1) is 19.6. The summed E-state index contributed by atoms with van der Waals surface area (Å²) in [6.45, 7) is 5.12. The lowest BCUT2D eigenvalue weighted by molar-refractivity contribution is -0.135. The van der Waals surface area contributed by atoms with Crippen LogP contribution in [0.2, 0.25) is 0 Å². The molecule has 5 rings (SSSR count). The van der Waals surface area contributed by atoms with Gasteiger partial charge in [0.25, 0.3) is 5.89 Å². The van der Waals surface area contributed by atoms with Crippen LogP contribution in [0.3, 0.4) is 0 Å². The van der Waals surface area contributed by atoms with Gasteiger partial charge in [-0.1, -0.05) is 18.0 Å². The molecule has 0 radical (unpaired) electrons. The molecule has 2 saturated heterocycles. The lowest BCUT2D eigenvalue weighted by atomic mass is 9.73. The Labute approximate surface area is 176 Å². The van der Waals surface area contributed by atoms with Crippen molar-refractivity contribution in [2.45, 2.75) is 37.5 Å². The van der Waals surface area contributed by atoms with Gasteiger partial charge >= 0.3 is 0 Å². The van der Waals surface area contributed by atoms with Crippen molar-refractivity contribution < 1.29 is 14.1 Å². The average Bonchev–Trinajstić information content (AvgIpc) is 3.45. The molecule has 0 aromatic carbocycles. The summed E-state index contributed by atoms with van der Waals surface area (Å²) in [5.74, 6) is 2.33. The van der Waals surface area contributed by atoms with E-state index < -0.39 is 0 Å². The Morgan fingerprint density at radius 3 is 2.53 bits per heavy atom. The molecule has 3 fully saturated rings. The van der Waals surface area contributed by atoms with E-state index in [9.17, 15) is 4.79 Å². The normalized spacial score (nSPS) is 22.2. The zero-order chi connectivity index (χ0) is 20.4. The van der Waals surface area contributed by atoms with E-state index in [1.165, 1.54) is 12.8 Å². The maximum absolute atomic E-state index is 12.8. The van der Waals surface area contributed by atoms with E-state index in [1.54, 1.807) is 12.4 Å². The zero-order valence-corrected chi connectivity index (χ0v) is 17.3. The smallest absolute Gasteiger partial charge is 0.258 e. The maximum atomic E-state index is 12.8. The van der Waals surface area contributed by atoms with Gasteiger partial charge in [0.15, 0.2) is 5.82 Å². The second-order valence-corrected chi connectivity index (χ2v) is 8.86. The van der Waals surface area contributed by atoms with Crippen molar-refractivity contribution in [2.24, 2.45) is 5.92 Å². The van der Waals surface area contributed by atoms with Crippen LogP contribution in [0.5, 0.6) is 0 Å². The highest BCUT2D eigenvalue weighted by Crippen LogP contribution is 2.46. The number of ether oxygens (including phenoxy) is 1. The second-order valence-electron chi connectivity index (χ2n) is 8.86. The molecule has 160 valence electrons. The minimum absolute atomic E-state index is 0.0916. The van der Waals surface area contributed by atoms with Gasteiger partial charge in [0.2, 0.25) is 5.91 Å². The van der Waals surface area contributed by atoms with E-state index >= 15 is 0 Å². The average molecular weight is 412 g/mol. The molecule has 0 atom stereocenters. The Bertz CT molecular complexity index is 853. The van der Waals surface area contributed by atoms with Crippen LogP contribution in [0.1, 0.15) is 37.9 Å². The fourth-order valence-electron chi connectivity index (χ4n) is 4.68. The molecule has 2 aromatic rings. The third-order valence-electron chi connectivity index (χ3n) is 6.74. The van der Waals surface area contributed by atoms with Gasteiger partial charge in [-0.25, -0.2) is 0 Å². The minimum atomic E-state index is -0.0916. The van der Waals surface area contributed by atoms with Gasteiger partial charge in [-0.05, 0) is 37.3 Å². The molecule has 1 aliphatic carbocycles. The number of hydrogen-bond acceptors (Lipinski definition) is 7. The van der Waals surface area contributed by atoms with Gasteiger partial charge in [-0.2, -0.15) is 4.98 Å². The molecule has 4 heterocycles. The quantitative estimate of drug-likeness (QED) is 0.720. The van der Waals surface area contributed by atoms with Gasteiger partial charge in [0, 0.05) is 49.6 Å². The fraction of sp³-hybridized carbons (Fsp3) is 0.636. The van der Waals surface area contributed by atoms with E-state index in [0.29, 0.717) is 12.4 Å². The summed E-state index contributed by atoms with van der Waals surface area (Å²) in [5.41, 5.74) is 0.801. The van der Waals surface area contributed by atoms with Gasteiger partial charge in [-0.15, -0.1) is 0 Å². The van der Waals surface area contributed by atoms with Crippen LogP contribution in [0, 0.1) is 5.92 Å². The van der Waals surface area contributed by atoms with Gasteiger partial charge in [0.1, 0.15) is 0 Å². The number of carbonyl (C=O) groups excluding carboxylic acids is 1. The Morgan fingerprint density at radius 1 is 1.10 bits per heavy atom. The predicted octanol–water partition coefficient (Wildman–Crippen LogP) is 2.12. The fourth-order valence-corrected chi connectivity index (χ4v) is 4.68. The van der Waals surface area contributed by atoms with Crippen molar-refractivity contribution in [3.63, 3.8) is 0 Å². The summed E-state index contributed by atoms with van der Waals surface area (Å²) in [7, 11) is 0. The monoisotopic (exact) mass is 411 g/mol. The van der Waals surface area contributed by atoms with Crippen LogP contribution in [0.4, 0.5) is 0 Å². The van der Waals surface area contributed by atoms with Gasteiger partial charge < -0.3 is 14.2 Å². The van der Waals surface area contributed by atoms with E-state index in [0.717, 1.165) is 76.0 Å². The molecule has 0 bridgehead atoms. The number of morpholine rings is 1. The molecular weight excluding hydrogens is 382 g/mol. The highest BCUT2D eigenvalue weighted by molar-refractivity contribution is 5.78. The molecule has 3 aliphatic rings. The molecule has 8 heteroatoms. The molecule has 30 heavy (non-hydrogen) atoms. The van der Waals surface area contributed by atoms with Gasteiger partial charge in [0.05, 0.1) is 19.8 Å². The largest absolute Gasteiger partial charge is 0.379 e. The number of nitrogens with zero attached hydrogens (tertiary/aromatic N) is 5. The summed E-state index contributed by atoms with van der Waals surface area (Å²) < 4.78 is 11.0. The van der Waals surface area contributed by atoms with Crippen molar-refractivity contribution in [1.82, 2.24) is 24.9 Å². The number of hydrogen-bond donors (Lipinski definition) is 0. The van der Waals surface area contributed by atoms with E-state index in [4.69, 9.17) is 14.2 Å². The molecule has 1 amide bonds. The standard InChI is InChI=1S/C22H29N5O3/c28-19(16-26-11-13-29-14-12-26)27-9-5-22(6-10-27,15-17-1-2-17)21-24-20(30-25-21)18-3-7-23-8-4-18/h3-4,7-8,17H,1-2,5-6,9-16H2. The molecule has 2 aliphatic heterocycles. The molecular formula is C22H29N5O3. The van der Waals surface area contributed by atoms with Crippen LogP contribution in [-0.2, 0) is 14.9 Å². The van der Waals surface area contributed by atoms with Crippen molar-refractivity contribution in [3.05, 3.63) is 30.4 Å². The highest BCUT2D eigenvalue weighted by Gasteiger charge is 2.44. The maximum Gasteiger partial charge on any atom is 0.258 e. The second kappa shape index (κ2) is 8.43. The van der Waals surface area contributed by atoms with Crippen LogP contribution in [0.25, 0.3) is 11.5 Å². The topological polar surface area (TPSA) is 84.6 Å². The minimum Gasteiger partial charge on any atom is -0.379 e. The Kier molecular flexibility index (Phi) is 5.52. The summed E-state index contributed by atoms with van der Waals surface area (Å²) >= 11 is 0. The molecule has 1 saturated carbocycles. The van der Waals surface area contributed by atoms with Crippen LogP contribution >= 0.6 is 0 Å². The number of pyridine rings is 1. The number of aromatic nitrogens is 3. The third-order valence-corrected chi connectivity index (χ3v) is 6.74. The Hall–Kier alpha value is -2.32. The van der Waals surface area contributed by atoms with Crippen molar-refractivity contribution in [3.8, 4) is 11.5 Å². The summed E-state index contributed by atoms with van der Waals surface area (Å²) in [6.07, 6.45) is 8.93. The third kappa shape index (κ3) is 4.25. The first-order valence-corrected chi connectivity index (χ1v) is 11.0. The van der Waals surface area contributed by atoms with Crippen LogP contribution in [0.15, 0.2) is 29.0 Å². The van der Waals surface area contributed by atoms with Crippen molar-refractivity contribution in [2.75, 3.05) is 45.9 Å². The number of amides is 1. The first-order valence-electron chi connectivity index (χ1n) is 11.0. The molecule has 0 spiro atoms. The molecule has 0 N–H and O–H groups in total. The zero-order valence-electron chi connectivity index (χ0n) is 17.3. The molecule has 8 nitrogen and oxygen atoms in total. The van der Waals surface area contributed by atoms with E-state index in [2.05, 4.69) is 15.0 Å². The van der Waals surface area contributed by atoms with Crippen LogP contribution < -0.4 is 0 Å². The SMILES string of the molecule is O=C(CN1CCOCC1)N1CCC(CC2CC2)(c2noc(-c3ccncc3)n2)CC1. The molecule has 2 aromatic heterocycles. The number of rotatable bonds is 6. The van der Waals surface area contributed by atoms with E-state index in [1.807, 2.05) is 17.0 Å². The van der Waals surface area contributed by atoms with Crippen LogP contribution in [-0.4, -0.2) is 76.8 Å². The van der Waals surface area contributed by atoms with Crippen molar-refractivity contribution in [1.29, 1.82) is 0 Å². The number of piperidine rings is 1. The number of carbonyl (C=O) groups is 1. The Morgan fingerprint density at radius 2 is 1.83 bits per heavy atom. The summed E-state index contributed by atoms with van der Waals surface area (Å²) in [6, 6.07) is 3.77. The lowest BCUT2D eigenvalue weighted by Crippen LogP contribution is -2.50. The highest BCUT2D eigenvalue weighted by atomic mass is 16.5. The lowest BCUT2D eigenvalue weighted by Gasteiger charge is -2.40. The first-order chi connectivity index (χ1) is 14.7. The molecule has 0 unspecified atom stereocenters. The number of likely N-dealkylation sites (tertiary alicyclic amines) is 1. The predicted molar refractivity (Wildman–Crippen MR) is 110 cm³/mol. The Balaban J connectivity index is 1.28. The summed E-state index contributed by atoms with van der Waals surface area (Å²) in [5, 5.41) is 4.40. The summed E-state index contributed by atoms with van der Waals surface area (Å²) in [4.78, 5) is 25.9.